The van der Waals surface area contributed by atoms with Crippen molar-refractivity contribution in [2.24, 2.45) is 0 Å². The topological polar surface area (TPSA) is 17.8 Å². The average Bonchev–Trinajstić information content (AvgIpc) is 3.61. The summed E-state index contributed by atoms with van der Waals surface area (Å²) in [5, 5.41) is 7.53. The van der Waals surface area contributed by atoms with Crippen LogP contribution in [0.25, 0.3) is 93.8 Å². The number of fused-ring (bicyclic) bond motifs is 4. The summed E-state index contributed by atoms with van der Waals surface area (Å²) in [5.41, 5.74) is 11.5. The molecule has 0 radical (unpaired) electrons. The Balaban J connectivity index is 1.16. The van der Waals surface area contributed by atoms with Gasteiger partial charge in [0.2, 0.25) is 0 Å². The molecular weight excluding hydrogens is 617 g/mol. The maximum absolute atomic E-state index is 5.19. The quantitative estimate of drug-likeness (QED) is 0.170. The maximum atomic E-state index is 5.19. The van der Waals surface area contributed by atoms with Gasteiger partial charge in [0.05, 0.1) is 11.0 Å². The molecule has 0 N–H and O–H groups in total. The van der Waals surface area contributed by atoms with Crippen molar-refractivity contribution in [2.45, 2.75) is 0 Å². The summed E-state index contributed by atoms with van der Waals surface area (Å²) in [6.45, 7) is 0. The lowest BCUT2D eigenvalue weighted by atomic mass is 9.85. The van der Waals surface area contributed by atoms with Crippen LogP contribution in [0.5, 0.6) is 0 Å². The SMILES string of the molecule is c1ccc(-c2nc3cccc(-c4ccc(-c5c6ccccc6c(-c6ccc7ccccc7c6)c6ccccc56)cc4)c3n2-c2ccccc2)cc1. The number of hydrogen-bond donors (Lipinski definition) is 0. The van der Waals surface area contributed by atoms with E-state index in [4.69, 9.17) is 4.98 Å². The molecule has 1 heterocycles. The van der Waals surface area contributed by atoms with Gasteiger partial charge in [-0.05, 0) is 84.4 Å². The van der Waals surface area contributed by atoms with E-state index in [-0.39, 0.29) is 0 Å². The van der Waals surface area contributed by atoms with Crippen LogP contribution in [0.1, 0.15) is 0 Å². The normalized spacial score (nSPS) is 11.5. The third-order valence-corrected chi connectivity index (χ3v) is 10.2. The zero-order valence-corrected chi connectivity index (χ0v) is 27.9. The van der Waals surface area contributed by atoms with Crippen LogP contribution < -0.4 is 0 Å². The zero-order valence-electron chi connectivity index (χ0n) is 27.9. The molecule has 0 saturated heterocycles. The number of para-hydroxylation sites is 2. The standard InChI is InChI=1S/C49H32N2/c1-3-15-36(16-4-1)49-50-45-25-13-24-40(48(45)51(49)39-18-5-2-6-19-39)34-27-29-35(30-28-34)46-41-20-9-11-22-43(41)47(44-23-12-10-21-42(44)46)38-31-26-33-14-7-8-17-37(33)32-38/h1-32H. The predicted octanol–water partition coefficient (Wildman–Crippen LogP) is 13.2. The molecule has 10 rings (SSSR count). The van der Waals surface area contributed by atoms with E-state index in [9.17, 15) is 0 Å². The van der Waals surface area contributed by atoms with Crippen LogP contribution in [-0.4, -0.2) is 9.55 Å². The van der Waals surface area contributed by atoms with Gasteiger partial charge in [0.1, 0.15) is 5.82 Å². The lowest BCUT2D eigenvalue weighted by Gasteiger charge is -2.18. The third-order valence-electron chi connectivity index (χ3n) is 10.2. The molecule has 0 amide bonds. The highest BCUT2D eigenvalue weighted by molar-refractivity contribution is 6.21. The second-order valence-corrected chi connectivity index (χ2v) is 13.1. The van der Waals surface area contributed by atoms with E-state index in [1.807, 2.05) is 0 Å². The van der Waals surface area contributed by atoms with E-state index < -0.39 is 0 Å². The smallest absolute Gasteiger partial charge is 0.145 e. The molecule has 238 valence electrons. The summed E-state index contributed by atoms with van der Waals surface area (Å²) in [4.78, 5) is 5.19. The Labute approximate surface area is 296 Å². The molecule has 0 bridgehead atoms. The minimum absolute atomic E-state index is 0.935. The molecule has 0 atom stereocenters. The summed E-state index contributed by atoms with van der Waals surface area (Å²) in [5.74, 6) is 0.935. The van der Waals surface area contributed by atoms with Crippen molar-refractivity contribution in [3.05, 3.63) is 194 Å². The Kier molecular flexibility index (Phi) is 6.85. The summed E-state index contributed by atoms with van der Waals surface area (Å²) >= 11 is 0. The van der Waals surface area contributed by atoms with Gasteiger partial charge < -0.3 is 0 Å². The fraction of sp³-hybridized carbons (Fsp3) is 0. The molecular formula is C49H32N2. The largest absolute Gasteiger partial charge is 0.292 e. The Morgan fingerprint density at radius 3 is 1.55 bits per heavy atom. The highest BCUT2D eigenvalue weighted by Crippen LogP contribution is 2.45. The molecule has 0 fully saturated rings. The molecule has 2 heteroatoms. The zero-order chi connectivity index (χ0) is 33.7. The van der Waals surface area contributed by atoms with Gasteiger partial charge in [0.25, 0.3) is 0 Å². The minimum Gasteiger partial charge on any atom is -0.292 e. The first-order valence-electron chi connectivity index (χ1n) is 17.5. The van der Waals surface area contributed by atoms with Gasteiger partial charge in [-0.1, -0.05) is 170 Å². The molecule has 0 spiro atoms. The maximum Gasteiger partial charge on any atom is 0.145 e. The molecule has 0 aliphatic carbocycles. The van der Waals surface area contributed by atoms with E-state index in [0.29, 0.717) is 0 Å². The highest BCUT2D eigenvalue weighted by atomic mass is 15.1. The van der Waals surface area contributed by atoms with Crippen LogP contribution in [0.3, 0.4) is 0 Å². The van der Waals surface area contributed by atoms with Crippen molar-refractivity contribution in [3.8, 4) is 50.5 Å². The minimum atomic E-state index is 0.935. The first-order valence-corrected chi connectivity index (χ1v) is 17.5. The number of imidazole rings is 1. The Bertz CT molecular complexity index is 2830. The molecule has 0 aliphatic heterocycles. The summed E-state index contributed by atoms with van der Waals surface area (Å²) in [6, 6.07) is 69.8. The van der Waals surface area contributed by atoms with Crippen molar-refractivity contribution >= 4 is 43.4 Å². The fourth-order valence-corrected chi connectivity index (χ4v) is 7.88. The first kappa shape index (κ1) is 29.2. The molecule has 9 aromatic carbocycles. The van der Waals surface area contributed by atoms with Gasteiger partial charge in [0, 0.05) is 16.8 Å². The predicted molar refractivity (Wildman–Crippen MR) is 215 cm³/mol. The molecule has 0 aliphatic rings. The van der Waals surface area contributed by atoms with Crippen LogP contribution in [0.15, 0.2) is 194 Å². The number of benzene rings is 9. The van der Waals surface area contributed by atoms with Gasteiger partial charge >= 0.3 is 0 Å². The van der Waals surface area contributed by atoms with Crippen molar-refractivity contribution in [2.75, 3.05) is 0 Å². The van der Waals surface area contributed by atoms with E-state index >= 15 is 0 Å². The number of hydrogen-bond acceptors (Lipinski definition) is 1. The highest BCUT2D eigenvalue weighted by Gasteiger charge is 2.20. The van der Waals surface area contributed by atoms with Gasteiger partial charge in [-0.2, -0.15) is 0 Å². The Morgan fingerprint density at radius 1 is 0.353 bits per heavy atom. The van der Waals surface area contributed by atoms with Crippen molar-refractivity contribution in [3.63, 3.8) is 0 Å². The monoisotopic (exact) mass is 648 g/mol. The Morgan fingerprint density at radius 2 is 0.882 bits per heavy atom. The van der Waals surface area contributed by atoms with Crippen molar-refractivity contribution < 1.29 is 0 Å². The van der Waals surface area contributed by atoms with Gasteiger partial charge in [-0.15, -0.1) is 0 Å². The molecule has 0 saturated carbocycles. The van der Waals surface area contributed by atoms with Crippen LogP contribution in [0, 0.1) is 0 Å². The number of nitrogens with zero attached hydrogens (tertiary/aromatic N) is 2. The lowest BCUT2D eigenvalue weighted by molar-refractivity contribution is 1.10. The first-order chi connectivity index (χ1) is 25.3. The Hall–Kier alpha value is -6.77. The lowest BCUT2D eigenvalue weighted by Crippen LogP contribution is -1.98. The molecule has 51 heavy (non-hydrogen) atoms. The van der Waals surface area contributed by atoms with Gasteiger partial charge in [-0.25, -0.2) is 4.98 Å². The van der Waals surface area contributed by atoms with Crippen LogP contribution in [0.4, 0.5) is 0 Å². The number of rotatable bonds is 5. The van der Waals surface area contributed by atoms with E-state index in [0.717, 1.165) is 39.2 Å². The van der Waals surface area contributed by atoms with Crippen molar-refractivity contribution in [1.82, 2.24) is 9.55 Å². The summed E-state index contributed by atoms with van der Waals surface area (Å²) < 4.78 is 2.31. The summed E-state index contributed by atoms with van der Waals surface area (Å²) in [7, 11) is 0. The van der Waals surface area contributed by atoms with E-state index in [1.165, 1.54) is 54.6 Å². The number of aromatic nitrogens is 2. The van der Waals surface area contributed by atoms with E-state index in [1.54, 1.807) is 0 Å². The van der Waals surface area contributed by atoms with E-state index in [2.05, 4.69) is 199 Å². The van der Waals surface area contributed by atoms with Crippen LogP contribution in [0.2, 0.25) is 0 Å². The van der Waals surface area contributed by atoms with Crippen LogP contribution in [-0.2, 0) is 0 Å². The van der Waals surface area contributed by atoms with Gasteiger partial charge in [-0.3, -0.25) is 4.57 Å². The summed E-state index contributed by atoms with van der Waals surface area (Å²) in [6.07, 6.45) is 0. The second-order valence-electron chi connectivity index (χ2n) is 13.1. The molecule has 2 nitrogen and oxygen atoms in total. The molecule has 1 aromatic heterocycles. The van der Waals surface area contributed by atoms with Crippen molar-refractivity contribution in [1.29, 1.82) is 0 Å². The fourth-order valence-electron chi connectivity index (χ4n) is 7.88. The average molecular weight is 649 g/mol. The molecule has 10 aromatic rings. The third kappa shape index (κ3) is 4.84. The second kappa shape index (κ2) is 12.0. The van der Waals surface area contributed by atoms with Gasteiger partial charge in [0.15, 0.2) is 0 Å². The molecule has 0 unspecified atom stereocenters. The van der Waals surface area contributed by atoms with Crippen LogP contribution >= 0.6 is 0 Å².